The highest BCUT2D eigenvalue weighted by atomic mass is 32.2. The van der Waals surface area contributed by atoms with Gasteiger partial charge in [-0.05, 0) is 50.1 Å². The predicted octanol–water partition coefficient (Wildman–Crippen LogP) is 3.76. The van der Waals surface area contributed by atoms with Gasteiger partial charge in [-0.3, -0.25) is 9.36 Å². The zero-order valence-corrected chi connectivity index (χ0v) is 17.8. The largest absolute Gasteiger partial charge is 0.497 e. The number of rotatable bonds is 8. The van der Waals surface area contributed by atoms with E-state index in [2.05, 4.69) is 15.5 Å². The zero-order chi connectivity index (χ0) is 20.9. The molecule has 3 heterocycles. The SMILES string of the molecule is COc1ccc(NC(=O)CSc2nnc(-c3ccoc3C)n2C[C@H]2CCCO2)cc1. The van der Waals surface area contributed by atoms with Gasteiger partial charge in [0.1, 0.15) is 11.5 Å². The van der Waals surface area contributed by atoms with Crippen LogP contribution in [0.2, 0.25) is 0 Å². The maximum Gasteiger partial charge on any atom is 0.234 e. The van der Waals surface area contributed by atoms with Crippen LogP contribution in [-0.4, -0.2) is 46.2 Å². The number of carbonyl (C=O) groups excluding carboxylic acids is 1. The maximum absolute atomic E-state index is 12.4. The van der Waals surface area contributed by atoms with E-state index in [0.717, 1.165) is 48.0 Å². The van der Waals surface area contributed by atoms with E-state index in [4.69, 9.17) is 13.9 Å². The Morgan fingerprint density at radius 3 is 2.80 bits per heavy atom. The van der Waals surface area contributed by atoms with Crippen molar-refractivity contribution in [1.29, 1.82) is 0 Å². The molecule has 0 aliphatic carbocycles. The molecular weight excluding hydrogens is 404 g/mol. The van der Waals surface area contributed by atoms with E-state index in [-0.39, 0.29) is 17.8 Å². The summed E-state index contributed by atoms with van der Waals surface area (Å²) < 4.78 is 18.4. The first-order valence-corrected chi connectivity index (χ1v) is 10.8. The van der Waals surface area contributed by atoms with Gasteiger partial charge in [-0.25, -0.2) is 0 Å². The molecule has 158 valence electrons. The summed E-state index contributed by atoms with van der Waals surface area (Å²) in [6.07, 6.45) is 3.83. The second-order valence-electron chi connectivity index (χ2n) is 7.01. The summed E-state index contributed by atoms with van der Waals surface area (Å²) in [6.45, 7) is 3.32. The summed E-state index contributed by atoms with van der Waals surface area (Å²) >= 11 is 1.36. The van der Waals surface area contributed by atoms with Crippen molar-refractivity contribution in [3.63, 3.8) is 0 Å². The lowest BCUT2D eigenvalue weighted by atomic mass is 10.2. The summed E-state index contributed by atoms with van der Waals surface area (Å²) in [5, 5.41) is 12.3. The summed E-state index contributed by atoms with van der Waals surface area (Å²) in [7, 11) is 1.61. The van der Waals surface area contributed by atoms with Crippen molar-refractivity contribution in [3.8, 4) is 17.1 Å². The van der Waals surface area contributed by atoms with Crippen LogP contribution < -0.4 is 10.1 Å². The number of benzene rings is 1. The third-order valence-electron chi connectivity index (χ3n) is 4.93. The van der Waals surface area contributed by atoms with Crippen LogP contribution >= 0.6 is 11.8 Å². The number of hydrogen-bond donors (Lipinski definition) is 1. The van der Waals surface area contributed by atoms with Gasteiger partial charge in [0.2, 0.25) is 5.91 Å². The third-order valence-corrected chi connectivity index (χ3v) is 5.90. The van der Waals surface area contributed by atoms with Crippen LogP contribution in [-0.2, 0) is 16.1 Å². The summed E-state index contributed by atoms with van der Waals surface area (Å²) in [6, 6.07) is 9.11. The molecule has 1 saturated heterocycles. The average molecular weight is 429 g/mol. The molecule has 1 atom stereocenters. The van der Waals surface area contributed by atoms with Gasteiger partial charge in [-0.15, -0.1) is 10.2 Å². The molecule has 1 N–H and O–H groups in total. The highest BCUT2D eigenvalue weighted by molar-refractivity contribution is 7.99. The Morgan fingerprint density at radius 1 is 1.30 bits per heavy atom. The van der Waals surface area contributed by atoms with Crippen LogP contribution in [0.3, 0.4) is 0 Å². The lowest BCUT2D eigenvalue weighted by Gasteiger charge is -2.14. The molecule has 3 aromatic rings. The summed E-state index contributed by atoms with van der Waals surface area (Å²) in [5.41, 5.74) is 1.62. The van der Waals surface area contributed by atoms with Crippen LogP contribution in [0.1, 0.15) is 18.6 Å². The number of carbonyl (C=O) groups is 1. The van der Waals surface area contributed by atoms with E-state index in [0.29, 0.717) is 11.7 Å². The number of methoxy groups -OCH3 is 1. The average Bonchev–Trinajstić information content (AvgIpc) is 3.49. The lowest BCUT2D eigenvalue weighted by molar-refractivity contribution is -0.113. The minimum atomic E-state index is -0.113. The molecule has 1 fully saturated rings. The molecule has 0 radical (unpaired) electrons. The molecule has 8 nitrogen and oxygen atoms in total. The molecule has 1 aliphatic rings. The van der Waals surface area contributed by atoms with Crippen molar-refractivity contribution >= 4 is 23.4 Å². The molecule has 1 amide bonds. The number of nitrogens with one attached hydrogen (secondary N) is 1. The summed E-state index contributed by atoms with van der Waals surface area (Å²) in [4.78, 5) is 12.4. The fraction of sp³-hybridized carbons (Fsp3) is 0.381. The fourth-order valence-electron chi connectivity index (χ4n) is 3.37. The molecule has 0 bridgehead atoms. The Kier molecular flexibility index (Phi) is 6.39. The second kappa shape index (κ2) is 9.36. The summed E-state index contributed by atoms with van der Waals surface area (Å²) in [5.74, 6) is 2.37. The van der Waals surface area contributed by atoms with E-state index in [1.807, 2.05) is 17.6 Å². The number of thioether (sulfide) groups is 1. The number of aryl methyl sites for hydroxylation is 1. The van der Waals surface area contributed by atoms with Gasteiger partial charge in [0.25, 0.3) is 0 Å². The van der Waals surface area contributed by atoms with Gasteiger partial charge < -0.3 is 19.2 Å². The van der Waals surface area contributed by atoms with Gasteiger partial charge in [-0.1, -0.05) is 11.8 Å². The normalized spacial score (nSPS) is 16.0. The Labute approximate surface area is 179 Å². The molecule has 30 heavy (non-hydrogen) atoms. The number of aromatic nitrogens is 3. The van der Waals surface area contributed by atoms with Gasteiger partial charge in [0.15, 0.2) is 11.0 Å². The Morgan fingerprint density at radius 2 is 2.13 bits per heavy atom. The molecule has 0 saturated carbocycles. The van der Waals surface area contributed by atoms with Crippen molar-refractivity contribution in [1.82, 2.24) is 14.8 Å². The standard InChI is InChI=1S/C21H24N4O4S/c1-14-18(9-11-28-14)20-23-24-21(25(20)12-17-4-3-10-29-17)30-13-19(26)22-15-5-7-16(27-2)8-6-15/h5-9,11,17H,3-4,10,12-13H2,1-2H3,(H,22,26)/t17-/m1/s1. The number of furan rings is 1. The number of nitrogens with zero attached hydrogens (tertiary/aromatic N) is 3. The zero-order valence-electron chi connectivity index (χ0n) is 17.0. The minimum Gasteiger partial charge on any atom is -0.497 e. The monoisotopic (exact) mass is 428 g/mol. The number of ether oxygens (including phenoxy) is 2. The molecule has 1 aromatic carbocycles. The van der Waals surface area contributed by atoms with E-state index in [1.54, 1.807) is 37.6 Å². The van der Waals surface area contributed by atoms with Crippen LogP contribution in [0.15, 0.2) is 46.2 Å². The Balaban J connectivity index is 1.46. The third kappa shape index (κ3) is 4.68. The van der Waals surface area contributed by atoms with Crippen LogP contribution in [0.25, 0.3) is 11.4 Å². The topological polar surface area (TPSA) is 91.4 Å². The number of hydrogen-bond acceptors (Lipinski definition) is 7. The van der Waals surface area contributed by atoms with E-state index in [1.165, 1.54) is 11.8 Å². The van der Waals surface area contributed by atoms with Crippen molar-refractivity contribution < 1.29 is 18.7 Å². The first kappa shape index (κ1) is 20.5. The van der Waals surface area contributed by atoms with E-state index < -0.39 is 0 Å². The van der Waals surface area contributed by atoms with Crippen molar-refractivity contribution in [3.05, 3.63) is 42.4 Å². The molecule has 9 heteroatoms. The Hall–Kier alpha value is -2.78. The van der Waals surface area contributed by atoms with Gasteiger partial charge in [0.05, 0.1) is 37.3 Å². The molecule has 0 spiro atoms. The van der Waals surface area contributed by atoms with Crippen LogP contribution in [0, 0.1) is 6.92 Å². The van der Waals surface area contributed by atoms with Gasteiger partial charge in [-0.2, -0.15) is 0 Å². The number of amides is 1. The van der Waals surface area contributed by atoms with Crippen molar-refractivity contribution in [2.75, 3.05) is 24.8 Å². The molecule has 1 aliphatic heterocycles. The quantitative estimate of drug-likeness (QED) is 0.546. The Bertz CT molecular complexity index is 993. The molecule has 2 aromatic heterocycles. The molecular formula is C21H24N4O4S. The second-order valence-corrected chi connectivity index (χ2v) is 7.95. The highest BCUT2D eigenvalue weighted by Crippen LogP contribution is 2.29. The van der Waals surface area contributed by atoms with Crippen LogP contribution in [0.4, 0.5) is 5.69 Å². The highest BCUT2D eigenvalue weighted by Gasteiger charge is 2.23. The molecule has 4 rings (SSSR count). The minimum absolute atomic E-state index is 0.113. The van der Waals surface area contributed by atoms with E-state index >= 15 is 0 Å². The van der Waals surface area contributed by atoms with Gasteiger partial charge in [0, 0.05) is 12.3 Å². The number of anilines is 1. The fourth-order valence-corrected chi connectivity index (χ4v) is 4.12. The van der Waals surface area contributed by atoms with Crippen molar-refractivity contribution in [2.45, 2.75) is 37.6 Å². The predicted molar refractivity (Wildman–Crippen MR) is 114 cm³/mol. The first-order chi connectivity index (χ1) is 14.6. The van der Waals surface area contributed by atoms with Crippen LogP contribution in [0.5, 0.6) is 5.75 Å². The van der Waals surface area contributed by atoms with E-state index in [9.17, 15) is 4.79 Å². The van der Waals surface area contributed by atoms with Gasteiger partial charge >= 0.3 is 0 Å². The van der Waals surface area contributed by atoms with Crippen molar-refractivity contribution in [2.24, 2.45) is 0 Å². The molecule has 0 unspecified atom stereocenters. The smallest absolute Gasteiger partial charge is 0.234 e. The lowest BCUT2D eigenvalue weighted by Crippen LogP contribution is -2.18. The maximum atomic E-state index is 12.4. The first-order valence-electron chi connectivity index (χ1n) is 9.80.